The van der Waals surface area contributed by atoms with Crippen molar-refractivity contribution in [1.82, 2.24) is 5.32 Å². The number of carboxylic acid groups (broad SMARTS) is 1. The minimum atomic E-state index is -0.865. The molecule has 110 valence electrons. The monoisotopic (exact) mass is 278 g/mol. The molecule has 1 amide bonds. The first kappa shape index (κ1) is 16.2. The van der Waals surface area contributed by atoms with Gasteiger partial charge in [-0.1, -0.05) is 30.3 Å². The summed E-state index contributed by atoms with van der Waals surface area (Å²) in [6.45, 7) is 1.85. The van der Waals surface area contributed by atoms with Crippen molar-refractivity contribution >= 4 is 11.9 Å². The number of amides is 1. The van der Waals surface area contributed by atoms with E-state index in [2.05, 4.69) is 5.32 Å². The number of carbonyl (C=O) groups excluding carboxylic acids is 1. The van der Waals surface area contributed by atoms with Crippen molar-refractivity contribution < 1.29 is 14.7 Å². The highest BCUT2D eigenvalue weighted by Gasteiger charge is 2.16. The summed E-state index contributed by atoms with van der Waals surface area (Å²) in [6.07, 6.45) is 1.37. The molecule has 20 heavy (non-hydrogen) atoms. The summed E-state index contributed by atoms with van der Waals surface area (Å²) < 4.78 is 0. The van der Waals surface area contributed by atoms with E-state index in [4.69, 9.17) is 10.8 Å². The second-order valence-corrected chi connectivity index (χ2v) is 4.98. The number of carboxylic acids is 1. The van der Waals surface area contributed by atoms with Crippen LogP contribution >= 0.6 is 0 Å². The minimum Gasteiger partial charge on any atom is -0.481 e. The molecule has 5 heteroatoms. The molecule has 2 unspecified atom stereocenters. The van der Waals surface area contributed by atoms with Crippen LogP contribution in [0.3, 0.4) is 0 Å². The Labute approximate surface area is 119 Å². The quantitative estimate of drug-likeness (QED) is 0.676. The van der Waals surface area contributed by atoms with Gasteiger partial charge in [0.05, 0.1) is 6.04 Å². The molecule has 0 bridgehead atoms. The highest BCUT2D eigenvalue weighted by molar-refractivity contribution is 5.76. The van der Waals surface area contributed by atoms with Gasteiger partial charge in [-0.2, -0.15) is 0 Å². The smallest absolute Gasteiger partial charge is 0.303 e. The van der Waals surface area contributed by atoms with Crippen molar-refractivity contribution in [3.8, 4) is 0 Å². The fourth-order valence-electron chi connectivity index (χ4n) is 1.90. The molecule has 1 rings (SSSR count). The molecule has 0 fully saturated rings. The predicted octanol–water partition coefficient (Wildman–Crippen LogP) is 1.84. The molecule has 4 N–H and O–H groups in total. The number of benzene rings is 1. The number of aliphatic carboxylic acids is 1. The van der Waals surface area contributed by atoms with Crippen molar-refractivity contribution in [2.24, 2.45) is 5.73 Å². The summed E-state index contributed by atoms with van der Waals surface area (Å²) >= 11 is 0. The Morgan fingerprint density at radius 2 is 1.85 bits per heavy atom. The average molecular weight is 278 g/mol. The maximum atomic E-state index is 11.9. The third-order valence-corrected chi connectivity index (χ3v) is 3.01. The maximum Gasteiger partial charge on any atom is 0.303 e. The molecule has 0 saturated carbocycles. The SMILES string of the molecule is CC(N)CCC(=O)NC(CCC(=O)O)c1ccccc1. The fourth-order valence-corrected chi connectivity index (χ4v) is 1.90. The standard InChI is InChI=1S/C15H22N2O3/c1-11(16)7-9-14(18)17-13(8-10-15(19)20)12-5-3-2-4-6-12/h2-6,11,13H,7-10,16H2,1H3,(H,17,18)(H,19,20). The van der Waals surface area contributed by atoms with Crippen molar-refractivity contribution in [3.63, 3.8) is 0 Å². The Morgan fingerprint density at radius 3 is 2.40 bits per heavy atom. The van der Waals surface area contributed by atoms with Crippen molar-refractivity contribution in [2.45, 2.75) is 44.7 Å². The zero-order chi connectivity index (χ0) is 15.0. The third kappa shape index (κ3) is 6.33. The van der Waals surface area contributed by atoms with Gasteiger partial charge in [0.1, 0.15) is 0 Å². The summed E-state index contributed by atoms with van der Waals surface area (Å²) in [5.74, 6) is -0.961. The molecule has 0 heterocycles. The lowest BCUT2D eigenvalue weighted by Crippen LogP contribution is -2.30. The Balaban J connectivity index is 2.63. The van der Waals surface area contributed by atoms with Crippen LogP contribution < -0.4 is 11.1 Å². The zero-order valence-electron chi connectivity index (χ0n) is 11.7. The van der Waals surface area contributed by atoms with E-state index in [0.29, 0.717) is 19.3 Å². The minimum absolute atomic E-state index is 0.0186. The van der Waals surface area contributed by atoms with E-state index in [1.54, 1.807) is 0 Å². The molecule has 5 nitrogen and oxygen atoms in total. The number of rotatable bonds is 8. The zero-order valence-corrected chi connectivity index (χ0v) is 11.7. The van der Waals surface area contributed by atoms with Crippen LogP contribution in [0.15, 0.2) is 30.3 Å². The van der Waals surface area contributed by atoms with E-state index < -0.39 is 5.97 Å². The maximum absolute atomic E-state index is 11.9. The van der Waals surface area contributed by atoms with Gasteiger partial charge in [0.2, 0.25) is 5.91 Å². The molecule has 0 radical (unpaired) electrons. The molecule has 1 aromatic rings. The molecular weight excluding hydrogens is 256 g/mol. The molecule has 0 aromatic heterocycles. The second-order valence-electron chi connectivity index (χ2n) is 4.98. The summed E-state index contributed by atoms with van der Waals surface area (Å²) in [7, 11) is 0. The molecule has 2 atom stereocenters. The van der Waals surface area contributed by atoms with Gasteiger partial charge in [0, 0.05) is 18.9 Å². The van der Waals surface area contributed by atoms with E-state index in [-0.39, 0.29) is 24.4 Å². The summed E-state index contributed by atoms with van der Waals surface area (Å²) in [5, 5.41) is 11.7. The number of nitrogens with one attached hydrogen (secondary N) is 1. The second kappa shape index (κ2) is 8.32. The molecule has 0 aliphatic carbocycles. The fraction of sp³-hybridized carbons (Fsp3) is 0.467. The molecule has 0 saturated heterocycles. The Morgan fingerprint density at radius 1 is 1.20 bits per heavy atom. The Bertz CT molecular complexity index is 432. The van der Waals surface area contributed by atoms with Crippen molar-refractivity contribution in [3.05, 3.63) is 35.9 Å². The molecule has 0 aliphatic heterocycles. The Hall–Kier alpha value is -1.88. The summed E-state index contributed by atoms with van der Waals surface area (Å²) in [5.41, 5.74) is 6.54. The van der Waals surface area contributed by atoms with Crippen LogP contribution in [0.4, 0.5) is 0 Å². The topological polar surface area (TPSA) is 92.4 Å². The normalized spacial score (nSPS) is 13.5. The lowest BCUT2D eigenvalue weighted by atomic mass is 10.0. The highest BCUT2D eigenvalue weighted by atomic mass is 16.4. The first-order chi connectivity index (χ1) is 9.49. The predicted molar refractivity (Wildman–Crippen MR) is 77.1 cm³/mol. The first-order valence-corrected chi connectivity index (χ1v) is 6.80. The van der Waals surface area contributed by atoms with Gasteiger partial charge in [0.25, 0.3) is 0 Å². The van der Waals surface area contributed by atoms with E-state index in [9.17, 15) is 9.59 Å². The van der Waals surface area contributed by atoms with Crippen LogP contribution in [0.5, 0.6) is 0 Å². The lowest BCUT2D eigenvalue weighted by molar-refractivity contribution is -0.137. The average Bonchev–Trinajstić information content (AvgIpc) is 2.42. The Kier molecular flexibility index (Phi) is 6.73. The molecule has 0 aliphatic rings. The number of nitrogens with two attached hydrogens (primary N) is 1. The van der Waals surface area contributed by atoms with Crippen LogP contribution in [0.2, 0.25) is 0 Å². The van der Waals surface area contributed by atoms with Crippen LogP contribution in [-0.4, -0.2) is 23.0 Å². The molecular formula is C15H22N2O3. The van der Waals surface area contributed by atoms with Crippen LogP contribution in [0.1, 0.15) is 44.2 Å². The van der Waals surface area contributed by atoms with Crippen molar-refractivity contribution in [2.75, 3.05) is 0 Å². The van der Waals surface area contributed by atoms with Gasteiger partial charge in [0.15, 0.2) is 0 Å². The van der Waals surface area contributed by atoms with Gasteiger partial charge in [-0.05, 0) is 25.3 Å². The first-order valence-electron chi connectivity index (χ1n) is 6.80. The van der Waals surface area contributed by atoms with E-state index in [1.807, 2.05) is 37.3 Å². The molecule has 0 spiro atoms. The van der Waals surface area contributed by atoms with E-state index in [1.165, 1.54) is 0 Å². The number of hydrogen-bond donors (Lipinski definition) is 3. The summed E-state index contributed by atoms with van der Waals surface area (Å²) in [4.78, 5) is 22.6. The van der Waals surface area contributed by atoms with E-state index in [0.717, 1.165) is 5.56 Å². The lowest BCUT2D eigenvalue weighted by Gasteiger charge is -2.19. The van der Waals surface area contributed by atoms with Gasteiger partial charge >= 0.3 is 5.97 Å². The highest BCUT2D eigenvalue weighted by Crippen LogP contribution is 2.18. The summed E-state index contributed by atoms with van der Waals surface area (Å²) in [6, 6.07) is 9.11. The van der Waals surface area contributed by atoms with Gasteiger partial charge in [-0.3, -0.25) is 9.59 Å². The van der Waals surface area contributed by atoms with Gasteiger partial charge in [-0.25, -0.2) is 0 Å². The van der Waals surface area contributed by atoms with Crippen molar-refractivity contribution in [1.29, 1.82) is 0 Å². The van der Waals surface area contributed by atoms with E-state index >= 15 is 0 Å². The van der Waals surface area contributed by atoms with Gasteiger partial charge < -0.3 is 16.2 Å². The van der Waals surface area contributed by atoms with Gasteiger partial charge in [-0.15, -0.1) is 0 Å². The van der Waals surface area contributed by atoms with Crippen LogP contribution in [-0.2, 0) is 9.59 Å². The molecule has 1 aromatic carbocycles. The largest absolute Gasteiger partial charge is 0.481 e. The van der Waals surface area contributed by atoms with Crippen LogP contribution in [0.25, 0.3) is 0 Å². The van der Waals surface area contributed by atoms with Crippen LogP contribution in [0, 0.1) is 0 Å². The third-order valence-electron chi connectivity index (χ3n) is 3.01. The number of carbonyl (C=O) groups is 2. The number of hydrogen-bond acceptors (Lipinski definition) is 3.